The highest BCUT2D eigenvalue weighted by molar-refractivity contribution is 5.94. The normalized spacial score (nSPS) is 15.1. The number of carbonyl (C=O) groups excluding carboxylic acids is 1. The third-order valence-corrected chi connectivity index (χ3v) is 2.71. The van der Waals surface area contributed by atoms with E-state index in [1.807, 2.05) is 0 Å². The van der Waals surface area contributed by atoms with Crippen molar-refractivity contribution in [1.82, 2.24) is 0 Å². The lowest BCUT2D eigenvalue weighted by atomic mass is 9.97. The van der Waals surface area contributed by atoms with Crippen LogP contribution in [0.3, 0.4) is 0 Å². The van der Waals surface area contributed by atoms with Gasteiger partial charge in [0.15, 0.2) is 0 Å². The summed E-state index contributed by atoms with van der Waals surface area (Å²) in [7, 11) is 0. The number of amides is 1. The van der Waals surface area contributed by atoms with Crippen LogP contribution in [-0.4, -0.2) is 5.91 Å². The van der Waals surface area contributed by atoms with Gasteiger partial charge in [0.25, 0.3) is 0 Å². The van der Waals surface area contributed by atoms with Gasteiger partial charge in [0.2, 0.25) is 5.91 Å². The van der Waals surface area contributed by atoms with Gasteiger partial charge in [-0.05, 0) is 37.0 Å². The van der Waals surface area contributed by atoms with Gasteiger partial charge in [-0.25, -0.2) is 0 Å². The average Bonchev–Trinajstić information content (AvgIpc) is 2.12. The summed E-state index contributed by atoms with van der Waals surface area (Å²) < 4.78 is 0. The number of anilines is 1. The van der Waals surface area contributed by atoms with Gasteiger partial charge >= 0.3 is 0 Å². The Morgan fingerprint density at radius 1 is 1.23 bits per heavy atom. The molecule has 0 aliphatic carbocycles. The Hall–Kier alpha value is -1.31. The first-order chi connectivity index (χ1) is 6.18. The van der Waals surface area contributed by atoms with Crippen molar-refractivity contribution in [2.75, 3.05) is 5.32 Å². The van der Waals surface area contributed by atoms with Crippen molar-refractivity contribution in [2.24, 2.45) is 0 Å². The summed E-state index contributed by atoms with van der Waals surface area (Å²) >= 11 is 0. The highest BCUT2D eigenvalue weighted by Gasteiger charge is 2.16. The van der Waals surface area contributed by atoms with E-state index in [4.69, 9.17) is 0 Å². The van der Waals surface area contributed by atoms with Gasteiger partial charge in [0.05, 0.1) is 0 Å². The number of hydrogen-bond acceptors (Lipinski definition) is 1. The Kier molecular flexibility index (Phi) is 1.83. The lowest BCUT2D eigenvalue weighted by molar-refractivity contribution is -0.116. The lowest BCUT2D eigenvalue weighted by Crippen LogP contribution is -2.20. The largest absolute Gasteiger partial charge is 0.326 e. The maximum atomic E-state index is 11.2. The zero-order valence-electron chi connectivity index (χ0n) is 7.98. The molecule has 0 aromatic heterocycles. The molecule has 13 heavy (non-hydrogen) atoms. The number of fused-ring (bicyclic) bond motifs is 1. The Bertz CT molecular complexity index is 369. The molecule has 0 atom stereocenters. The molecular weight excluding hydrogens is 162 g/mol. The molecule has 0 radical (unpaired) electrons. The van der Waals surface area contributed by atoms with E-state index < -0.39 is 0 Å². The molecule has 0 unspecified atom stereocenters. The summed E-state index contributed by atoms with van der Waals surface area (Å²) in [4.78, 5) is 11.2. The zero-order valence-corrected chi connectivity index (χ0v) is 7.98. The van der Waals surface area contributed by atoms with Gasteiger partial charge in [-0.3, -0.25) is 4.79 Å². The van der Waals surface area contributed by atoms with Crippen LogP contribution in [0.25, 0.3) is 0 Å². The van der Waals surface area contributed by atoms with Crippen molar-refractivity contribution in [3.05, 3.63) is 28.8 Å². The Morgan fingerprint density at radius 3 is 2.77 bits per heavy atom. The number of benzene rings is 1. The van der Waals surface area contributed by atoms with Crippen molar-refractivity contribution < 1.29 is 4.79 Å². The number of aryl methyl sites for hydroxylation is 2. The molecule has 1 aliphatic rings. The minimum absolute atomic E-state index is 0.140. The third-order valence-electron chi connectivity index (χ3n) is 2.71. The second-order valence-electron chi connectivity index (χ2n) is 3.59. The number of carbonyl (C=O) groups is 1. The summed E-state index contributed by atoms with van der Waals surface area (Å²) in [5.74, 6) is 0.140. The molecule has 2 heteroatoms. The van der Waals surface area contributed by atoms with Crippen LogP contribution >= 0.6 is 0 Å². The molecular formula is C11H13NO. The first-order valence-corrected chi connectivity index (χ1v) is 4.57. The molecule has 1 aliphatic heterocycles. The van der Waals surface area contributed by atoms with Crippen molar-refractivity contribution in [2.45, 2.75) is 26.7 Å². The smallest absolute Gasteiger partial charge is 0.224 e. The summed E-state index contributed by atoms with van der Waals surface area (Å²) in [6.07, 6.45) is 1.50. The fourth-order valence-corrected chi connectivity index (χ4v) is 1.70. The maximum absolute atomic E-state index is 11.2. The van der Waals surface area contributed by atoms with Crippen LogP contribution in [-0.2, 0) is 11.2 Å². The van der Waals surface area contributed by atoms with Gasteiger partial charge in [-0.2, -0.15) is 0 Å². The number of rotatable bonds is 0. The third kappa shape index (κ3) is 1.32. The molecule has 68 valence electrons. The molecule has 0 bridgehead atoms. The average molecular weight is 175 g/mol. The summed E-state index contributed by atoms with van der Waals surface area (Å²) in [6.45, 7) is 4.12. The van der Waals surface area contributed by atoms with Crippen LogP contribution in [0, 0.1) is 13.8 Å². The molecule has 1 aromatic rings. The van der Waals surface area contributed by atoms with Crippen molar-refractivity contribution in [3.63, 3.8) is 0 Å². The van der Waals surface area contributed by atoms with Crippen molar-refractivity contribution in [3.8, 4) is 0 Å². The fraction of sp³-hybridized carbons (Fsp3) is 0.364. The van der Waals surface area contributed by atoms with Crippen molar-refractivity contribution >= 4 is 11.6 Å². The van der Waals surface area contributed by atoms with Gasteiger partial charge in [-0.1, -0.05) is 12.1 Å². The minimum atomic E-state index is 0.140. The minimum Gasteiger partial charge on any atom is -0.326 e. The monoisotopic (exact) mass is 175 g/mol. The number of nitrogens with one attached hydrogen (secondary N) is 1. The van der Waals surface area contributed by atoms with Gasteiger partial charge in [0.1, 0.15) is 0 Å². The van der Waals surface area contributed by atoms with Gasteiger partial charge in [0, 0.05) is 12.1 Å². The SMILES string of the molecule is Cc1ccc2c(c1C)NC(=O)CC2. The number of hydrogen-bond donors (Lipinski definition) is 1. The maximum Gasteiger partial charge on any atom is 0.224 e. The molecule has 0 spiro atoms. The summed E-state index contributed by atoms with van der Waals surface area (Å²) in [5, 5.41) is 2.93. The van der Waals surface area contributed by atoms with Gasteiger partial charge in [-0.15, -0.1) is 0 Å². The molecule has 1 heterocycles. The molecule has 1 aromatic carbocycles. The topological polar surface area (TPSA) is 29.1 Å². The first-order valence-electron chi connectivity index (χ1n) is 4.57. The van der Waals surface area contributed by atoms with E-state index in [1.165, 1.54) is 16.7 Å². The van der Waals surface area contributed by atoms with Crippen molar-refractivity contribution in [1.29, 1.82) is 0 Å². The first kappa shape index (κ1) is 8.30. The Balaban J connectivity index is 2.54. The molecule has 2 rings (SSSR count). The highest BCUT2D eigenvalue weighted by atomic mass is 16.1. The van der Waals surface area contributed by atoms with Crippen LogP contribution in [0.2, 0.25) is 0 Å². The molecule has 0 saturated carbocycles. The lowest BCUT2D eigenvalue weighted by Gasteiger charge is -2.19. The second-order valence-corrected chi connectivity index (χ2v) is 3.59. The zero-order chi connectivity index (χ0) is 9.42. The van der Waals surface area contributed by atoms with E-state index in [-0.39, 0.29) is 5.91 Å². The summed E-state index contributed by atoms with van der Waals surface area (Å²) in [6, 6.07) is 4.22. The predicted molar refractivity (Wildman–Crippen MR) is 52.9 cm³/mol. The van der Waals surface area contributed by atoms with Crippen LogP contribution in [0.5, 0.6) is 0 Å². The molecule has 2 nitrogen and oxygen atoms in total. The van der Waals surface area contributed by atoms with E-state index >= 15 is 0 Å². The fourth-order valence-electron chi connectivity index (χ4n) is 1.70. The van der Waals surface area contributed by atoms with Crippen LogP contribution in [0.4, 0.5) is 5.69 Å². The summed E-state index contributed by atoms with van der Waals surface area (Å²) in [5.41, 5.74) is 4.74. The molecule has 1 amide bonds. The van der Waals surface area contributed by atoms with E-state index in [0.29, 0.717) is 6.42 Å². The molecule has 1 N–H and O–H groups in total. The van der Waals surface area contributed by atoms with E-state index in [2.05, 4.69) is 31.3 Å². The Labute approximate surface area is 78.0 Å². The molecule has 0 saturated heterocycles. The van der Waals surface area contributed by atoms with Crippen LogP contribution in [0.15, 0.2) is 12.1 Å². The van der Waals surface area contributed by atoms with E-state index in [1.54, 1.807) is 0 Å². The van der Waals surface area contributed by atoms with E-state index in [0.717, 1.165) is 12.1 Å². The van der Waals surface area contributed by atoms with E-state index in [9.17, 15) is 4.79 Å². The van der Waals surface area contributed by atoms with Gasteiger partial charge < -0.3 is 5.32 Å². The second kappa shape index (κ2) is 2.87. The van der Waals surface area contributed by atoms with Crippen LogP contribution in [0.1, 0.15) is 23.1 Å². The predicted octanol–water partition coefficient (Wildman–Crippen LogP) is 2.19. The van der Waals surface area contributed by atoms with Crippen LogP contribution < -0.4 is 5.32 Å². The molecule has 0 fully saturated rings. The quantitative estimate of drug-likeness (QED) is 0.643. The highest BCUT2D eigenvalue weighted by Crippen LogP contribution is 2.27. The Morgan fingerprint density at radius 2 is 2.00 bits per heavy atom. The standard InChI is InChI=1S/C11H13NO/c1-7-3-4-9-5-6-10(13)12-11(9)8(7)2/h3-4H,5-6H2,1-2H3,(H,12,13).